The average Bonchev–Trinajstić information content (AvgIpc) is 2.99. The van der Waals surface area contributed by atoms with Gasteiger partial charge in [0.05, 0.1) is 19.3 Å². The largest absolute Gasteiger partial charge is 0.497 e. The number of hydrogen-bond acceptors (Lipinski definition) is 5. The summed E-state index contributed by atoms with van der Waals surface area (Å²) < 4.78 is 7.33. The van der Waals surface area contributed by atoms with Crippen molar-refractivity contribution < 1.29 is 4.74 Å². The van der Waals surface area contributed by atoms with Gasteiger partial charge in [0.15, 0.2) is 5.82 Å². The third kappa shape index (κ3) is 3.53. The Labute approximate surface area is 147 Å². The standard InChI is InChI=1S/C19H21N5O/c1-25-17-7-4-5-15(13-17)19-21-18-8-10-23(11-12-24(18)22-19)14-16-6-2-3-9-20-16/h2-7,9,13H,8,10-12,14H2,1H3. The van der Waals surface area contributed by atoms with Crippen molar-refractivity contribution in [2.75, 3.05) is 20.2 Å². The second kappa shape index (κ2) is 7.03. The van der Waals surface area contributed by atoms with Crippen LogP contribution in [0.4, 0.5) is 0 Å². The fraction of sp³-hybridized carbons (Fsp3) is 0.316. The van der Waals surface area contributed by atoms with Gasteiger partial charge in [-0.1, -0.05) is 18.2 Å². The fourth-order valence-corrected chi connectivity index (χ4v) is 3.11. The highest BCUT2D eigenvalue weighted by Crippen LogP contribution is 2.22. The van der Waals surface area contributed by atoms with Crippen molar-refractivity contribution in [1.29, 1.82) is 0 Å². The molecule has 0 N–H and O–H groups in total. The highest BCUT2D eigenvalue weighted by Gasteiger charge is 2.18. The number of hydrogen-bond donors (Lipinski definition) is 0. The first-order valence-electron chi connectivity index (χ1n) is 8.52. The zero-order valence-corrected chi connectivity index (χ0v) is 14.3. The lowest BCUT2D eigenvalue weighted by Gasteiger charge is -2.18. The van der Waals surface area contributed by atoms with Gasteiger partial charge in [-0.25, -0.2) is 9.67 Å². The summed E-state index contributed by atoms with van der Waals surface area (Å²) in [5, 5.41) is 4.71. The van der Waals surface area contributed by atoms with E-state index in [0.29, 0.717) is 0 Å². The van der Waals surface area contributed by atoms with Gasteiger partial charge < -0.3 is 4.74 Å². The van der Waals surface area contributed by atoms with Gasteiger partial charge in [0.1, 0.15) is 11.6 Å². The summed E-state index contributed by atoms with van der Waals surface area (Å²) in [6, 6.07) is 13.9. The lowest BCUT2D eigenvalue weighted by atomic mass is 10.2. The normalized spacial score (nSPS) is 14.8. The topological polar surface area (TPSA) is 56.1 Å². The van der Waals surface area contributed by atoms with E-state index in [1.54, 1.807) is 7.11 Å². The van der Waals surface area contributed by atoms with E-state index in [1.165, 1.54) is 0 Å². The number of methoxy groups -OCH3 is 1. The quantitative estimate of drug-likeness (QED) is 0.733. The molecule has 0 atom stereocenters. The second-order valence-electron chi connectivity index (χ2n) is 6.15. The van der Waals surface area contributed by atoms with Gasteiger partial charge in [-0.2, -0.15) is 5.10 Å². The molecule has 0 unspecified atom stereocenters. The molecule has 1 aliphatic heterocycles. The third-order valence-electron chi connectivity index (χ3n) is 4.47. The molecule has 0 amide bonds. The minimum atomic E-state index is 0.770. The van der Waals surface area contributed by atoms with Crippen molar-refractivity contribution in [2.45, 2.75) is 19.5 Å². The van der Waals surface area contributed by atoms with Crippen LogP contribution >= 0.6 is 0 Å². The molecule has 1 aromatic carbocycles. The summed E-state index contributed by atoms with van der Waals surface area (Å²) in [5.41, 5.74) is 2.09. The number of ether oxygens (including phenoxy) is 1. The van der Waals surface area contributed by atoms with Crippen molar-refractivity contribution in [3.8, 4) is 17.1 Å². The molecule has 0 fully saturated rings. The van der Waals surface area contributed by atoms with Crippen LogP contribution in [-0.4, -0.2) is 44.8 Å². The summed E-state index contributed by atoms with van der Waals surface area (Å²) in [7, 11) is 1.67. The summed E-state index contributed by atoms with van der Waals surface area (Å²) in [6.45, 7) is 3.63. The van der Waals surface area contributed by atoms with E-state index in [4.69, 9.17) is 14.8 Å². The molecule has 128 valence electrons. The molecule has 0 saturated heterocycles. The first-order chi connectivity index (χ1) is 12.3. The molecule has 0 bridgehead atoms. The Kier molecular flexibility index (Phi) is 4.43. The number of nitrogens with zero attached hydrogens (tertiary/aromatic N) is 5. The zero-order valence-electron chi connectivity index (χ0n) is 14.3. The van der Waals surface area contributed by atoms with Crippen LogP contribution in [0, 0.1) is 0 Å². The average molecular weight is 335 g/mol. The smallest absolute Gasteiger partial charge is 0.181 e. The number of pyridine rings is 1. The molecule has 6 heteroatoms. The molecular weight excluding hydrogens is 314 g/mol. The monoisotopic (exact) mass is 335 g/mol. The maximum atomic E-state index is 5.29. The SMILES string of the molecule is COc1cccc(-c2nc3n(n2)CCN(Cc2ccccn2)CC3)c1. The molecule has 25 heavy (non-hydrogen) atoms. The first-order valence-corrected chi connectivity index (χ1v) is 8.52. The van der Waals surface area contributed by atoms with E-state index in [9.17, 15) is 0 Å². The van der Waals surface area contributed by atoms with Crippen LogP contribution in [0.3, 0.4) is 0 Å². The predicted molar refractivity (Wildman–Crippen MR) is 95.2 cm³/mol. The van der Waals surface area contributed by atoms with Crippen LogP contribution < -0.4 is 4.74 Å². The number of benzene rings is 1. The van der Waals surface area contributed by atoms with Crippen LogP contribution in [0.2, 0.25) is 0 Å². The van der Waals surface area contributed by atoms with Crippen molar-refractivity contribution in [2.24, 2.45) is 0 Å². The minimum absolute atomic E-state index is 0.770. The van der Waals surface area contributed by atoms with E-state index >= 15 is 0 Å². The first kappa shape index (κ1) is 15.8. The lowest BCUT2D eigenvalue weighted by Crippen LogP contribution is -2.27. The van der Waals surface area contributed by atoms with Crippen molar-refractivity contribution >= 4 is 0 Å². The predicted octanol–water partition coefficient (Wildman–Crippen LogP) is 2.41. The molecule has 0 spiro atoms. The molecule has 0 aliphatic carbocycles. The van der Waals surface area contributed by atoms with Gasteiger partial charge in [-0.05, 0) is 24.3 Å². The van der Waals surface area contributed by atoms with Crippen molar-refractivity contribution in [3.05, 3.63) is 60.2 Å². The minimum Gasteiger partial charge on any atom is -0.497 e. The Bertz CT molecular complexity index is 821. The highest BCUT2D eigenvalue weighted by atomic mass is 16.5. The van der Waals surface area contributed by atoms with Gasteiger partial charge in [-0.3, -0.25) is 9.88 Å². The van der Waals surface area contributed by atoms with E-state index in [1.807, 2.05) is 47.3 Å². The Morgan fingerprint density at radius 2 is 2.04 bits per heavy atom. The summed E-state index contributed by atoms with van der Waals surface area (Å²) in [5.74, 6) is 2.64. The van der Waals surface area contributed by atoms with E-state index in [2.05, 4.69) is 16.0 Å². The Morgan fingerprint density at radius 3 is 2.88 bits per heavy atom. The van der Waals surface area contributed by atoms with E-state index in [-0.39, 0.29) is 0 Å². The molecule has 3 aromatic rings. The van der Waals surface area contributed by atoms with Crippen LogP contribution in [0.15, 0.2) is 48.7 Å². The van der Waals surface area contributed by atoms with Gasteiger partial charge in [0.25, 0.3) is 0 Å². The Balaban J connectivity index is 1.48. The van der Waals surface area contributed by atoms with E-state index in [0.717, 1.165) is 61.3 Å². The fourth-order valence-electron chi connectivity index (χ4n) is 3.11. The van der Waals surface area contributed by atoms with Crippen LogP contribution in [-0.2, 0) is 19.5 Å². The zero-order chi connectivity index (χ0) is 17.1. The van der Waals surface area contributed by atoms with Crippen molar-refractivity contribution in [1.82, 2.24) is 24.6 Å². The maximum Gasteiger partial charge on any atom is 0.181 e. The van der Waals surface area contributed by atoms with Gasteiger partial charge in [-0.15, -0.1) is 0 Å². The number of fused-ring (bicyclic) bond motifs is 1. The molecule has 0 radical (unpaired) electrons. The van der Waals surface area contributed by atoms with Gasteiger partial charge in [0, 0.05) is 37.8 Å². The summed E-state index contributed by atoms with van der Waals surface area (Å²) in [6.07, 6.45) is 2.74. The molecule has 6 nitrogen and oxygen atoms in total. The number of rotatable bonds is 4. The Morgan fingerprint density at radius 1 is 1.08 bits per heavy atom. The molecule has 3 heterocycles. The van der Waals surface area contributed by atoms with Crippen LogP contribution in [0.1, 0.15) is 11.5 Å². The number of aromatic nitrogens is 4. The van der Waals surface area contributed by atoms with Crippen LogP contribution in [0.25, 0.3) is 11.4 Å². The molecule has 4 rings (SSSR count). The second-order valence-corrected chi connectivity index (χ2v) is 6.15. The lowest BCUT2D eigenvalue weighted by molar-refractivity contribution is 0.266. The molecule has 0 saturated carbocycles. The van der Waals surface area contributed by atoms with Crippen LogP contribution in [0.5, 0.6) is 5.75 Å². The van der Waals surface area contributed by atoms with Gasteiger partial charge in [0.2, 0.25) is 0 Å². The van der Waals surface area contributed by atoms with Crippen molar-refractivity contribution in [3.63, 3.8) is 0 Å². The molecule has 1 aliphatic rings. The van der Waals surface area contributed by atoms with Gasteiger partial charge >= 0.3 is 0 Å². The molecule has 2 aromatic heterocycles. The Hall–Kier alpha value is -2.73. The molecular formula is C19H21N5O. The highest BCUT2D eigenvalue weighted by molar-refractivity contribution is 5.57. The maximum absolute atomic E-state index is 5.29. The van der Waals surface area contributed by atoms with E-state index < -0.39 is 0 Å². The third-order valence-corrected chi connectivity index (χ3v) is 4.47. The summed E-state index contributed by atoms with van der Waals surface area (Å²) >= 11 is 0. The summed E-state index contributed by atoms with van der Waals surface area (Å²) in [4.78, 5) is 11.6.